The second-order valence-corrected chi connectivity index (χ2v) is 27.4. The highest BCUT2D eigenvalue weighted by Crippen LogP contribution is 2.41. The van der Waals surface area contributed by atoms with Gasteiger partial charge in [0.05, 0.1) is 48.8 Å². The summed E-state index contributed by atoms with van der Waals surface area (Å²) in [5, 5.41) is 184. The Morgan fingerprint density at radius 3 is 0.318 bits per heavy atom. The Bertz CT molecular complexity index is 1730. The Hall–Kier alpha value is 2.56. The number of alkyl halides is 8. The molecule has 16 N–H and O–H groups in total. The summed E-state index contributed by atoms with van der Waals surface area (Å²) in [6.07, 6.45) is -67.7. The van der Waals surface area contributed by atoms with E-state index in [4.69, 9.17) is 75.8 Å². The van der Waals surface area contributed by atoms with Crippen LogP contribution < -0.4 is 0 Å². The molecule has 21 heterocycles. The first-order valence-electron chi connectivity index (χ1n) is 27.7. The SMILES string of the molecule is O[C@@H]1[C@H]2O[C@H]3[C@@H](O)[C@H](O)[C@@H](O[C@H]4[C@H](O)[C@@H](O)[C@@H](O[C@H]5[C@H](O)[C@@H](O)[C@@H](O[C@H]6[C@@H](O)[C@H](O)[C@@H](O[C@H]7[C@@H](O)[C@H](O)[C@@H](O[C@H]8[C@@H](O)[C@@H](O)[C@@H](O[C@H]9[C@H](O)[C@@H](O)[C@@H](O[C@@H]([C@@H]1O)[C@@H](CBr)O2)O[C@@H]9CBr)O[C@@H]8CBr)O[C@@H]7CBr)O[C@@H]6CBr)O[C@@H]5CBr)O[C@H]4CBr)O[C@H]3CBr. The molecule has 16 bridgehead atoms. The maximum Gasteiger partial charge on any atom is 0.187 e. The second kappa shape index (κ2) is 32.7. The zero-order chi connectivity index (χ0) is 64.1. The molecule has 0 spiro atoms. The summed E-state index contributed by atoms with van der Waals surface area (Å²) in [5.41, 5.74) is 0. The van der Waals surface area contributed by atoms with Gasteiger partial charge in [0.25, 0.3) is 0 Å². The third-order valence-electron chi connectivity index (χ3n) is 16.7. The van der Waals surface area contributed by atoms with Crippen molar-refractivity contribution in [2.24, 2.45) is 0 Å². The molecule has 0 radical (unpaired) electrons. The quantitative estimate of drug-likeness (QED) is 0.101. The van der Waals surface area contributed by atoms with Gasteiger partial charge in [-0.3, -0.25) is 0 Å². The van der Waals surface area contributed by atoms with Crippen LogP contribution in [0.1, 0.15) is 0 Å². The average Bonchev–Trinajstić information content (AvgIpc) is 1.02. The van der Waals surface area contributed by atoms with E-state index in [0.717, 1.165) is 0 Å². The van der Waals surface area contributed by atoms with E-state index in [2.05, 4.69) is 127 Å². The van der Waals surface area contributed by atoms with E-state index < -0.39 is 246 Å². The van der Waals surface area contributed by atoms with E-state index in [1.54, 1.807) is 0 Å². The molecule has 0 aromatic carbocycles. The lowest BCUT2D eigenvalue weighted by Gasteiger charge is -2.50. The molecule has 21 aliphatic rings. The summed E-state index contributed by atoms with van der Waals surface area (Å²) >= 11 is 26.4. The molecule has 88 heavy (non-hydrogen) atoms. The first-order valence-corrected chi connectivity index (χ1v) is 36.7. The normalized spacial score (nSPS) is 55.4. The number of aliphatic hydroxyl groups is 16. The summed E-state index contributed by atoms with van der Waals surface area (Å²) in [6, 6.07) is 0. The Kier molecular flexibility index (Phi) is 27.8. The van der Waals surface area contributed by atoms with Crippen LogP contribution in [-0.4, -0.2) is 370 Å². The van der Waals surface area contributed by atoms with E-state index in [0.29, 0.717) is 0 Å². The maximum absolute atomic E-state index is 11.6. The van der Waals surface area contributed by atoms with Crippen molar-refractivity contribution in [3.8, 4) is 0 Å². The molecule has 0 aliphatic carbocycles. The molecular formula is C48H72Br8O32. The van der Waals surface area contributed by atoms with E-state index in [1.165, 1.54) is 0 Å². The monoisotopic (exact) mass is 1790 g/mol. The van der Waals surface area contributed by atoms with Crippen molar-refractivity contribution in [1.29, 1.82) is 0 Å². The van der Waals surface area contributed by atoms with E-state index in [9.17, 15) is 81.7 Å². The Balaban J connectivity index is 0.975. The van der Waals surface area contributed by atoms with Crippen LogP contribution in [0, 0.1) is 0 Å². The molecule has 512 valence electrons. The number of halogens is 8. The van der Waals surface area contributed by atoms with Crippen molar-refractivity contribution < 1.29 is 157 Å². The predicted molar refractivity (Wildman–Crippen MR) is 315 cm³/mol. The third kappa shape index (κ3) is 15.3. The number of hydrogen-bond donors (Lipinski definition) is 16. The van der Waals surface area contributed by atoms with Crippen LogP contribution in [0.25, 0.3) is 0 Å². The number of hydrogen-bond acceptors (Lipinski definition) is 32. The Morgan fingerprint density at radius 1 is 0.148 bits per heavy atom. The van der Waals surface area contributed by atoms with Gasteiger partial charge < -0.3 is 157 Å². The lowest BCUT2D eigenvalue weighted by molar-refractivity contribution is -0.396. The van der Waals surface area contributed by atoms with Gasteiger partial charge in [0.1, 0.15) is 146 Å². The molecular weight excluding hydrogens is 1730 g/mol. The van der Waals surface area contributed by atoms with Crippen molar-refractivity contribution >= 4 is 127 Å². The molecule has 0 unspecified atom stereocenters. The fourth-order valence-electron chi connectivity index (χ4n) is 11.7. The Morgan fingerprint density at radius 2 is 0.239 bits per heavy atom. The predicted octanol–water partition coefficient (Wildman–Crippen LogP) is -6.19. The smallest absolute Gasteiger partial charge is 0.187 e. The topological polar surface area (TPSA) is 471 Å². The second-order valence-electron chi connectivity index (χ2n) is 22.2. The lowest BCUT2D eigenvalue weighted by atomic mass is 9.95. The highest BCUT2D eigenvalue weighted by atomic mass is 79.9. The van der Waals surface area contributed by atoms with Gasteiger partial charge in [-0.25, -0.2) is 0 Å². The lowest BCUT2D eigenvalue weighted by Crippen LogP contribution is -2.68. The van der Waals surface area contributed by atoms with Gasteiger partial charge in [-0.2, -0.15) is 0 Å². The van der Waals surface area contributed by atoms with Crippen molar-refractivity contribution in [2.75, 3.05) is 42.6 Å². The van der Waals surface area contributed by atoms with E-state index in [-0.39, 0.29) is 42.6 Å². The van der Waals surface area contributed by atoms with Crippen molar-refractivity contribution in [3.63, 3.8) is 0 Å². The summed E-state index contributed by atoms with van der Waals surface area (Å²) < 4.78 is 96.6. The van der Waals surface area contributed by atoms with Crippen molar-refractivity contribution in [1.82, 2.24) is 0 Å². The first kappa shape index (κ1) is 74.8. The minimum atomic E-state index is -1.99. The van der Waals surface area contributed by atoms with Gasteiger partial charge in [-0.05, 0) is 0 Å². The summed E-state index contributed by atoms with van der Waals surface area (Å²) in [7, 11) is 0. The fraction of sp³-hybridized carbons (Fsp3) is 1.00. The molecule has 0 aromatic heterocycles. The summed E-state index contributed by atoms with van der Waals surface area (Å²) in [6.45, 7) is 0. The third-order valence-corrected chi connectivity index (χ3v) is 21.8. The number of aliphatic hydroxyl groups excluding tert-OH is 16. The molecule has 21 saturated heterocycles. The number of ether oxygens (including phenoxy) is 16. The molecule has 21 rings (SSSR count). The zero-order valence-corrected chi connectivity index (χ0v) is 58.1. The van der Waals surface area contributed by atoms with Gasteiger partial charge in [0.2, 0.25) is 0 Å². The molecule has 32 nitrogen and oxygen atoms in total. The van der Waals surface area contributed by atoms with E-state index >= 15 is 0 Å². The van der Waals surface area contributed by atoms with Gasteiger partial charge >= 0.3 is 0 Å². The maximum atomic E-state index is 11.6. The zero-order valence-electron chi connectivity index (χ0n) is 45.5. The molecule has 40 heteroatoms. The summed E-state index contributed by atoms with van der Waals surface area (Å²) in [5.74, 6) is 0. The van der Waals surface area contributed by atoms with Crippen LogP contribution in [0.15, 0.2) is 0 Å². The van der Waals surface area contributed by atoms with Crippen LogP contribution in [0.2, 0.25) is 0 Å². The Labute approximate surface area is 568 Å². The molecule has 0 saturated carbocycles. The van der Waals surface area contributed by atoms with Crippen molar-refractivity contribution in [3.05, 3.63) is 0 Å². The van der Waals surface area contributed by atoms with E-state index in [1.807, 2.05) is 0 Å². The standard InChI is InChI=1S/C48H72Br8O32/c49-1-9-33-17(57)25(65)41(73-9)82-34-10(2-50)75-43(27(67)19(34)59)84-36-12(4-52)77-45(29(69)21(36)61)86-38-14(6-54)79-47(31(71)23(38)63)88-40-16(8-56)80-48(32(72)24(40)64)87-39-15(7-55)78-46(30(70)22(39)62)85-37-13(5-53)76-44(28(68)20(37)60)83-35-11(3-51)74-42(81-33)26(66)18(35)58/h9-48,57-72H,1-8H2/t9-,10-,11-,12-,13-,14-,15+,16+,17+,18+,19+,20-,21-,22-,23-,24+,25+,26+,27-,28-,29-,30-,31+,32+,33-,34-,35-,36-,37-,38-,39-,40-,41-,42-,43-,44-,45-,46-,47-,48-/m1/s1. The molecule has 40 atom stereocenters. The molecule has 21 aliphatic heterocycles. The first-order chi connectivity index (χ1) is 41.9. The molecule has 0 amide bonds. The minimum Gasteiger partial charge on any atom is -0.387 e. The highest BCUT2D eigenvalue weighted by Gasteiger charge is 2.60. The van der Waals surface area contributed by atoms with Crippen LogP contribution in [0.4, 0.5) is 0 Å². The van der Waals surface area contributed by atoms with Crippen molar-refractivity contribution in [2.45, 2.75) is 246 Å². The van der Waals surface area contributed by atoms with Crippen LogP contribution in [0.3, 0.4) is 0 Å². The van der Waals surface area contributed by atoms with Gasteiger partial charge in [0, 0.05) is 42.6 Å². The molecule has 21 fully saturated rings. The minimum absolute atomic E-state index is 0.130. The van der Waals surface area contributed by atoms with Gasteiger partial charge in [0.15, 0.2) is 50.3 Å². The highest BCUT2D eigenvalue weighted by molar-refractivity contribution is 9.10. The fourth-order valence-corrected chi connectivity index (χ4v) is 15.9. The largest absolute Gasteiger partial charge is 0.387 e. The van der Waals surface area contributed by atoms with Crippen LogP contribution in [0.5, 0.6) is 0 Å². The molecule has 0 aromatic rings. The number of rotatable bonds is 8. The van der Waals surface area contributed by atoms with Crippen LogP contribution >= 0.6 is 127 Å². The average molecular weight is 1800 g/mol. The van der Waals surface area contributed by atoms with Gasteiger partial charge in [-0.15, -0.1) is 0 Å². The van der Waals surface area contributed by atoms with Crippen LogP contribution in [-0.2, 0) is 75.8 Å². The van der Waals surface area contributed by atoms with Gasteiger partial charge in [-0.1, -0.05) is 127 Å². The summed E-state index contributed by atoms with van der Waals surface area (Å²) in [4.78, 5) is 0.